The largest absolute Gasteiger partial charge is 0.477 e. The average molecular weight is 232 g/mol. The van der Waals surface area contributed by atoms with Crippen molar-refractivity contribution in [2.45, 2.75) is 0 Å². The summed E-state index contributed by atoms with van der Waals surface area (Å²) in [6, 6.07) is 5.17. The Kier molecular flexibility index (Phi) is 2.78. The maximum atomic E-state index is 10.8. The van der Waals surface area contributed by atoms with E-state index in [1.54, 1.807) is 13.2 Å². The molecule has 0 aliphatic heterocycles. The van der Waals surface area contributed by atoms with Crippen LogP contribution < -0.4 is 0 Å². The SMILES string of the molecule is Cn1cccc1N=Nc1cc(C(=O)O)n(C)c1. The van der Waals surface area contributed by atoms with E-state index in [-0.39, 0.29) is 5.69 Å². The molecule has 0 fully saturated rings. The Morgan fingerprint density at radius 1 is 1.29 bits per heavy atom. The van der Waals surface area contributed by atoms with E-state index >= 15 is 0 Å². The fraction of sp³-hybridized carbons (Fsp3) is 0.182. The van der Waals surface area contributed by atoms with Gasteiger partial charge in [-0.1, -0.05) is 0 Å². The minimum atomic E-state index is -0.979. The summed E-state index contributed by atoms with van der Waals surface area (Å²) < 4.78 is 3.33. The molecule has 0 unspecified atom stereocenters. The third-order valence-electron chi connectivity index (χ3n) is 2.39. The summed E-state index contributed by atoms with van der Waals surface area (Å²) in [5.74, 6) is -0.265. The van der Waals surface area contributed by atoms with Crippen LogP contribution in [0, 0.1) is 0 Å². The van der Waals surface area contributed by atoms with E-state index in [9.17, 15) is 4.79 Å². The number of rotatable bonds is 3. The van der Waals surface area contributed by atoms with Gasteiger partial charge in [0, 0.05) is 26.5 Å². The Bertz CT molecular complexity index is 580. The molecule has 0 aliphatic carbocycles. The van der Waals surface area contributed by atoms with Crippen LogP contribution in [-0.2, 0) is 14.1 Å². The average Bonchev–Trinajstić information content (AvgIpc) is 2.82. The highest BCUT2D eigenvalue weighted by molar-refractivity contribution is 5.87. The molecule has 2 rings (SSSR count). The van der Waals surface area contributed by atoms with Crippen molar-refractivity contribution < 1.29 is 9.90 Å². The first-order chi connectivity index (χ1) is 8.08. The van der Waals surface area contributed by atoms with Gasteiger partial charge in [0.1, 0.15) is 11.4 Å². The number of azo groups is 1. The summed E-state index contributed by atoms with van der Waals surface area (Å²) in [6.07, 6.45) is 3.48. The lowest BCUT2D eigenvalue weighted by molar-refractivity contribution is 0.0686. The number of aryl methyl sites for hydroxylation is 2. The molecule has 0 bridgehead atoms. The third kappa shape index (κ3) is 2.25. The van der Waals surface area contributed by atoms with Crippen LogP contribution in [0.25, 0.3) is 0 Å². The van der Waals surface area contributed by atoms with E-state index in [1.807, 2.05) is 29.9 Å². The molecule has 0 atom stereocenters. The van der Waals surface area contributed by atoms with Gasteiger partial charge in [-0.25, -0.2) is 4.79 Å². The first-order valence-corrected chi connectivity index (χ1v) is 5.00. The van der Waals surface area contributed by atoms with Crippen molar-refractivity contribution in [3.8, 4) is 0 Å². The molecule has 2 aromatic heterocycles. The van der Waals surface area contributed by atoms with Crippen LogP contribution in [0.1, 0.15) is 10.5 Å². The molecule has 0 aromatic carbocycles. The van der Waals surface area contributed by atoms with E-state index < -0.39 is 5.97 Å². The number of aromatic carboxylic acids is 1. The molecule has 0 amide bonds. The zero-order valence-corrected chi connectivity index (χ0v) is 9.53. The molecule has 0 aliphatic rings. The van der Waals surface area contributed by atoms with Crippen molar-refractivity contribution in [2.24, 2.45) is 24.3 Å². The summed E-state index contributed by atoms with van der Waals surface area (Å²) >= 11 is 0. The van der Waals surface area contributed by atoms with Crippen LogP contribution in [0.3, 0.4) is 0 Å². The van der Waals surface area contributed by atoms with E-state index in [1.165, 1.54) is 10.6 Å². The lowest BCUT2D eigenvalue weighted by Gasteiger charge is -1.93. The second kappa shape index (κ2) is 4.25. The summed E-state index contributed by atoms with van der Waals surface area (Å²) in [7, 11) is 3.52. The second-order valence-corrected chi connectivity index (χ2v) is 3.68. The standard InChI is InChI=1S/C11H12N4O2/c1-14-5-3-4-10(14)13-12-8-6-9(11(16)17)15(2)7-8/h3-7H,1-2H3,(H,16,17). The molecule has 2 heterocycles. The van der Waals surface area contributed by atoms with E-state index in [4.69, 9.17) is 5.11 Å². The predicted molar refractivity (Wildman–Crippen MR) is 62.0 cm³/mol. The van der Waals surface area contributed by atoms with Crippen LogP contribution in [0.5, 0.6) is 0 Å². The second-order valence-electron chi connectivity index (χ2n) is 3.68. The quantitative estimate of drug-likeness (QED) is 0.825. The maximum Gasteiger partial charge on any atom is 0.352 e. The van der Waals surface area contributed by atoms with Gasteiger partial charge in [0.25, 0.3) is 0 Å². The zero-order valence-electron chi connectivity index (χ0n) is 9.53. The monoisotopic (exact) mass is 232 g/mol. The molecule has 2 aromatic rings. The van der Waals surface area contributed by atoms with Crippen molar-refractivity contribution in [3.63, 3.8) is 0 Å². The summed E-state index contributed by atoms with van der Waals surface area (Å²) in [5.41, 5.74) is 0.705. The fourth-order valence-corrected chi connectivity index (χ4v) is 1.48. The highest BCUT2D eigenvalue weighted by Gasteiger charge is 2.09. The van der Waals surface area contributed by atoms with Gasteiger partial charge >= 0.3 is 5.97 Å². The minimum absolute atomic E-state index is 0.186. The normalized spacial score (nSPS) is 11.2. The first kappa shape index (κ1) is 11.1. The summed E-state index contributed by atoms with van der Waals surface area (Å²) in [6.45, 7) is 0. The first-order valence-electron chi connectivity index (χ1n) is 5.00. The molecule has 88 valence electrons. The van der Waals surface area contributed by atoms with Crippen LogP contribution in [0.4, 0.5) is 11.5 Å². The molecule has 17 heavy (non-hydrogen) atoms. The van der Waals surface area contributed by atoms with Crippen LogP contribution in [0.15, 0.2) is 40.8 Å². The van der Waals surface area contributed by atoms with Gasteiger partial charge in [-0.05, 0) is 18.2 Å². The highest BCUT2D eigenvalue weighted by Crippen LogP contribution is 2.20. The van der Waals surface area contributed by atoms with Crippen molar-refractivity contribution in [3.05, 3.63) is 36.3 Å². The Morgan fingerprint density at radius 3 is 2.59 bits per heavy atom. The molecule has 1 N–H and O–H groups in total. The smallest absolute Gasteiger partial charge is 0.352 e. The van der Waals surface area contributed by atoms with Gasteiger partial charge in [-0.15, -0.1) is 10.2 Å². The summed E-state index contributed by atoms with van der Waals surface area (Å²) in [5, 5.41) is 16.9. The zero-order chi connectivity index (χ0) is 12.4. The van der Waals surface area contributed by atoms with E-state index in [2.05, 4.69) is 10.2 Å². The highest BCUT2D eigenvalue weighted by atomic mass is 16.4. The van der Waals surface area contributed by atoms with E-state index in [0.717, 1.165) is 0 Å². The predicted octanol–water partition coefficient (Wildman–Crippen LogP) is 2.48. The number of carboxylic acid groups (broad SMARTS) is 1. The van der Waals surface area contributed by atoms with Crippen molar-refractivity contribution in [1.29, 1.82) is 0 Å². The number of carbonyl (C=O) groups is 1. The summed E-state index contributed by atoms with van der Waals surface area (Å²) in [4.78, 5) is 10.8. The molecule has 6 heteroatoms. The molecule has 0 spiro atoms. The lowest BCUT2D eigenvalue weighted by Crippen LogP contribution is -2.02. The number of nitrogens with zero attached hydrogens (tertiary/aromatic N) is 4. The molecule has 0 radical (unpaired) electrons. The van der Waals surface area contributed by atoms with Gasteiger partial charge in [0.05, 0.1) is 0 Å². The van der Waals surface area contributed by atoms with Gasteiger partial charge in [0.15, 0.2) is 5.82 Å². The lowest BCUT2D eigenvalue weighted by atomic mass is 10.4. The molecule has 0 saturated heterocycles. The van der Waals surface area contributed by atoms with Crippen molar-refractivity contribution >= 4 is 17.5 Å². The Labute approximate surface area is 97.8 Å². The van der Waals surface area contributed by atoms with Crippen LogP contribution >= 0.6 is 0 Å². The van der Waals surface area contributed by atoms with Gasteiger partial charge < -0.3 is 14.2 Å². The maximum absolute atomic E-state index is 10.8. The van der Waals surface area contributed by atoms with E-state index in [0.29, 0.717) is 11.5 Å². The molecular weight excluding hydrogens is 220 g/mol. The minimum Gasteiger partial charge on any atom is -0.477 e. The van der Waals surface area contributed by atoms with Gasteiger partial charge in [-0.2, -0.15) is 0 Å². The van der Waals surface area contributed by atoms with Crippen LogP contribution in [0.2, 0.25) is 0 Å². The third-order valence-corrected chi connectivity index (χ3v) is 2.39. The molecule has 6 nitrogen and oxygen atoms in total. The van der Waals surface area contributed by atoms with Crippen LogP contribution in [-0.4, -0.2) is 20.2 Å². The molecule has 0 saturated carbocycles. The number of carboxylic acids is 1. The number of hydrogen-bond acceptors (Lipinski definition) is 3. The fourth-order valence-electron chi connectivity index (χ4n) is 1.48. The topological polar surface area (TPSA) is 71.9 Å². The van der Waals surface area contributed by atoms with Gasteiger partial charge in [-0.3, -0.25) is 0 Å². The number of hydrogen-bond donors (Lipinski definition) is 1. The Morgan fingerprint density at radius 2 is 2.06 bits per heavy atom. The van der Waals surface area contributed by atoms with Crippen molar-refractivity contribution in [2.75, 3.05) is 0 Å². The molecular formula is C11H12N4O2. The Hall–Kier alpha value is -2.37. The number of aromatic nitrogens is 2. The Balaban J connectivity index is 2.25. The van der Waals surface area contributed by atoms with Gasteiger partial charge in [0.2, 0.25) is 0 Å². The van der Waals surface area contributed by atoms with Crippen molar-refractivity contribution in [1.82, 2.24) is 9.13 Å².